The van der Waals surface area contributed by atoms with Gasteiger partial charge in [-0.1, -0.05) is 31.0 Å². The van der Waals surface area contributed by atoms with Gasteiger partial charge in [-0.25, -0.2) is 9.10 Å². The molecule has 1 N–H and O–H groups in total. The largest absolute Gasteiger partial charge is 0.452 e. The first kappa shape index (κ1) is 15.0. The van der Waals surface area contributed by atoms with E-state index in [-0.39, 0.29) is 0 Å². The molecule has 4 aromatic rings. The zero-order valence-corrected chi connectivity index (χ0v) is 14.4. The Labute approximate surface area is 147 Å². The molecule has 2 heterocycles. The summed E-state index contributed by atoms with van der Waals surface area (Å²) < 4.78 is 7.14. The quantitative estimate of drug-likeness (QED) is 0.505. The molecule has 4 rings (SSSR count). The number of thiol groups is 1. The van der Waals surface area contributed by atoms with E-state index in [0.717, 1.165) is 21.3 Å². The molecule has 0 bridgehead atoms. The van der Waals surface area contributed by atoms with Crippen LogP contribution in [-0.2, 0) is 4.74 Å². The molecule has 0 atom stereocenters. The molecule has 1 amide bonds. The molecule has 0 radical (unpaired) electrons. The Balaban J connectivity index is 1.93. The molecule has 5 nitrogen and oxygen atoms in total. The summed E-state index contributed by atoms with van der Waals surface area (Å²) in [5.41, 5.74) is 2.53. The third kappa shape index (κ3) is 2.42. The summed E-state index contributed by atoms with van der Waals surface area (Å²) >= 11 is 5.94. The minimum absolute atomic E-state index is 0.538. The van der Waals surface area contributed by atoms with Gasteiger partial charge in [-0.3, -0.25) is 5.10 Å². The van der Waals surface area contributed by atoms with Crippen LogP contribution in [0.4, 0.5) is 10.5 Å². The summed E-state index contributed by atoms with van der Waals surface area (Å²) in [6.07, 6.45) is 1.19. The van der Waals surface area contributed by atoms with E-state index in [1.54, 1.807) is 17.5 Å². The maximum atomic E-state index is 11.8. The van der Waals surface area contributed by atoms with E-state index in [4.69, 9.17) is 4.74 Å². The number of amides is 1. The number of benzene rings is 2. The summed E-state index contributed by atoms with van der Waals surface area (Å²) in [6.45, 7) is 0. The molecular formula is C17H13N3O2S2. The second-order valence-corrected chi connectivity index (χ2v) is 6.74. The van der Waals surface area contributed by atoms with Crippen LogP contribution in [0.25, 0.3) is 31.4 Å². The number of H-pyrrole nitrogens is 1. The van der Waals surface area contributed by atoms with Crippen molar-refractivity contribution in [1.82, 2.24) is 10.2 Å². The minimum Gasteiger partial charge on any atom is -0.452 e. The van der Waals surface area contributed by atoms with Gasteiger partial charge in [0.05, 0.1) is 24.5 Å². The number of carbonyl (C=O) groups excluding carboxylic acids is 1. The number of aromatic amines is 1. The lowest BCUT2D eigenvalue weighted by atomic mass is 10.1. The number of nitrogens with one attached hydrogen (secondary N) is 1. The highest BCUT2D eigenvalue weighted by Crippen LogP contribution is 2.39. The molecule has 2 aromatic carbocycles. The van der Waals surface area contributed by atoms with Crippen molar-refractivity contribution >= 4 is 56.9 Å². The van der Waals surface area contributed by atoms with Crippen LogP contribution in [0.2, 0.25) is 0 Å². The molecule has 0 unspecified atom stereocenters. The first-order valence-corrected chi connectivity index (χ1v) is 8.42. The van der Waals surface area contributed by atoms with Gasteiger partial charge in [0.2, 0.25) is 0 Å². The van der Waals surface area contributed by atoms with Crippen LogP contribution in [0, 0.1) is 0 Å². The molecule has 0 fully saturated rings. The fourth-order valence-corrected chi connectivity index (χ4v) is 3.95. The Morgan fingerprint density at radius 2 is 2.08 bits per heavy atom. The number of aromatic nitrogens is 2. The van der Waals surface area contributed by atoms with Gasteiger partial charge in [0.25, 0.3) is 0 Å². The van der Waals surface area contributed by atoms with Crippen LogP contribution in [0.15, 0.2) is 48.7 Å². The topological polar surface area (TPSA) is 58.2 Å². The van der Waals surface area contributed by atoms with Crippen molar-refractivity contribution in [3.8, 4) is 10.4 Å². The Morgan fingerprint density at radius 1 is 1.25 bits per heavy atom. The number of ether oxygens (including phenoxy) is 1. The maximum Gasteiger partial charge on any atom is 0.424 e. The van der Waals surface area contributed by atoms with E-state index in [1.807, 2.05) is 24.3 Å². The van der Waals surface area contributed by atoms with Gasteiger partial charge in [0, 0.05) is 20.5 Å². The molecule has 0 saturated carbocycles. The number of nitrogens with zero attached hydrogens (tertiary/aromatic N) is 2. The van der Waals surface area contributed by atoms with Crippen LogP contribution >= 0.6 is 24.2 Å². The number of hydrogen-bond donors (Lipinski definition) is 2. The number of anilines is 1. The normalized spacial score (nSPS) is 11.1. The van der Waals surface area contributed by atoms with Crippen molar-refractivity contribution in [3.63, 3.8) is 0 Å². The van der Waals surface area contributed by atoms with E-state index >= 15 is 0 Å². The monoisotopic (exact) mass is 355 g/mol. The minimum atomic E-state index is -0.538. The average molecular weight is 355 g/mol. The van der Waals surface area contributed by atoms with Gasteiger partial charge >= 0.3 is 6.09 Å². The van der Waals surface area contributed by atoms with E-state index in [2.05, 4.69) is 41.2 Å². The zero-order chi connectivity index (χ0) is 16.7. The van der Waals surface area contributed by atoms with Crippen LogP contribution in [0.1, 0.15) is 0 Å². The van der Waals surface area contributed by atoms with Crippen molar-refractivity contribution in [3.05, 3.63) is 48.7 Å². The molecule has 0 aliphatic heterocycles. The van der Waals surface area contributed by atoms with Gasteiger partial charge in [-0.05, 0) is 29.7 Å². The number of carbonyl (C=O) groups is 1. The van der Waals surface area contributed by atoms with E-state index in [9.17, 15) is 4.79 Å². The molecule has 2 aromatic heterocycles. The van der Waals surface area contributed by atoms with Crippen molar-refractivity contribution in [2.45, 2.75) is 0 Å². The first-order valence-electron chi connectivity index (χ1n) is 7.20. The summed E-state index contributed by atoms with van der Waals surface area (Å²) in [7, 11) is 1.33. The number of thiophene rings is 1. The summed E-state index contributed by atoms with van der Waals surface area (Å²) in [5, 5.41) is 9.26. The lowest BCUT2D eigenvalue weighted by Crippen LogP contribution is -2.20. The van der Waals surface area contributed by atoms with E-state index in [0.29, 0.717) is 5.69 Å². The fraction of sp³-hybridized carbons (Fsp3) is 0.0588. The lowest BCUT2D eigenvalue weighted by Gasteiger charge is -2.15. The molecular weight excluding hydrogens is 342 g/mol. The molecule has 0 aliphatic carbocycles. The van der Waals surface area contributed by atoms with E-state index in [1.165, 1.54) is 21.5 Å². The van der Waals surface area contributed by atoms with Gasteiger partial charge in [0.1, 0.15) is 0 Å². The van der Waals surface area contributed by atoms with E-state index < -0.39 is 6.09 Å². The predicted octanol–water partition coefficient (Wildman–Crippen LogP) is 4.86. The number of methoxy groups -OCH3 is 1. The standard InChI is InChI=1S/C17H13N3O2S2/c1-22-17(21)20(23)12-6-11-9-18-19-16(11)13(8-12)15-7-10-4-2-3-5-14(10)24-15/h2-9,23H,1H3,(H,18,19). The highest BCUT2D eigenvalue weighted by molar-refractivity contribution is 7.82. The first-order chi connectivity index (χ1) is 11.7. The second kappa shape index (κ2) is 5.85. The van der Waals surface area contributed by atoms with Gasteiger partial charge < -0.3 is 4.74 Å². The third-order valence-corrected chi connectivity index (χ3v) is 5.36. The lowest BCUT2D eigenvalue weighted by molar-refractivity contribution is 0.183. The van der Waals surface area contributed by atoms with Gasteiger partial charge in [-0.2, -0.15) is 5.10 Å². The van der Waals surface area contributed by atoms with Crippen molar-refractivity contribution in [1.29, 1.82) is 0 Å². The van der Waals surface area contributed by atoms with Gasteiger partial charge in [-0.15, -0.1) is 11.3 Å². The molecule has 120 valence electrons. The number of fused-ring (bicyclic) bond motifs is 2. The molecule has 0 spiro atoms. The Hall–Kier alpha value is -2.51. The Morgan fingerprint density at radius 3 is 2.88 bits per heavy atom. The smallest absolute Gasteiger partial charge is 0.424 e. The highest BCUT2D eigenvalue weighted by Gasteiger charge is 2.17. The SMILES string of the molecule is COC(=O)N(S)c1cc(-c2cc3ccccc3s2)c2[nH]ncc2c1. The summed E-state index contributed by atoms with van der Waals surface area (Å²) in [5.74, 6) is 0. The highest BCUT2D eigenvalue weighted by atomic mass is 32.1. The molecule has 0 aliphatic rings. The summed E-state index contributed by atoms with van der Waals surface area (Å²) in [6, 6.07) is 14.1. The van der Waals surface area contributed by atoms with Crippen LogP contribution in [0.5, 0.6) is 0 Å². The maximum absolute atomic E-state index is 11.8. The molecule has 24 heavy (non-hydrogen) atoms. The Kier molecular flexibility index (Phi) is 3.66. The van der Waals surface area contributed by atoms with Crippen LogP contribution in [0.3, 0.4) is 0 Å². The van der Waals surface area contributed by atoms with Crippen LogP contribution < -0.4 is 4.31 Å². The zero-order valence-electron chi connectivity index (χ0n) is 12.7. The van der Waals surface area contributed by atoms with Crippen molar-refractivity contribution < 1.29 is 9.53 Å². The van der Waals surface area contributed by atoms with Gasteiger partial charge in [0.15, 0.2) is 0 Å². The summed E-state index contributed by atoms with van der Waals surface area (Å²) in [4.78, 5) is 12.9. The third-order valence-electron chi connectivity index (χ3n) is 3.82. The number of rotatable bonds is 2. The second-order valence-electron chi connectivity index (χ2n) is 5.26. The molecule has 0 saturated heterocycles. The van der Waals surface area contributed by atoms with Crippen molar-refractivity contribution in [2.24, 2.45) is 0 Å². The van der Waals surface area contributed by atoms with Crippen molar-refractivity contribution in [2.75, 3.05) is 11.4 Å². The number of hydrogen-bond acceptors (Lipinski definition) is 5. The van der Waals surface area contributed by atoms with Crippen LogP contribution in [-0.4, -0.2) is 23.4 Å². The average Bonchev–Trinajstić information content (AvgIpc) is 3.25. The molecule has 7 heteroatoms. The predicted molar refractivity (Wildman–Crippen MR) is 101 cm³/mol. The fourth-order valence-electron chi connectivity index (χ4n) is 2.66. The Bertz CT molecular complexity index is 1020.